The molecule has 2 N–H and O–H groups in total. The summed E-state index contributed by atoms with van der Waals surface area (Å²) in [6, 6.07) is 7.08. The lowest BCUT2D eigenvalue weighted by Crippen LogP contribution is -2.19. The van der Waals surface area contributed by atoms with Gasteiger partial charge in [0.1, 0.15) is 11.5 Å². The Bertz CT molecular complexity index is 1140. The molecular weight excluding hydrogens is 373 g/mol. The second-order valence-electron chi connectivity index (χ2n) is 5.80. The third-order valence-corrected chi connectivity index (χ3v) is 4.38. The van der Waals surface area contributed by atoms with Crippen molar-refractivity contribution in [2.75, 3.05) is 13.7 Å². The highest BCUT2D eigenvalue weighted by Crippen LogP contribution is 2.25. The number of nitrogens with one attached hydrogen (secondary N) is 1. The number of aryl methyl sites for hydroxylation is 1. The van der Waals surface area contributed by atoms with E-state index in [0.717, 1.165) is 0 Å². The number of rotatable bonds is 6. The van der Waals surface area contributed by atoms with Crippen molar-refractivity contribution >= 4 is 29.2 Å². The summed E-state index contributed by atoms with van der Waals surface area (Å²) < 4.78 is 20.9. The number of aromatic nitrogens is 3. The first-order valence-electron chi connectivity index (χ1n) is 8.09. The summed E-state index contributed by atoms with van der Waals surface area (Å²) in [6.07, 6.45) is 0.569. The topological polar surface area (TPSA) is 97.2 Å². The maximum Gasteiger partial charge on any atom is 0.336 e. The minimum Gasteiger partial charge on any atom is -0.478 e. The van der Waals surface area contributed by atoms with Crippen LogP contribution in [0.25, 0.3) is 22.3 Å². The molecule has 1 aromatic carbocycles. The molecule has 0 fully saturated rings. The quantitative estimate of drug-likeness (QED) is 0.497. The first-order valence-corrected chi connectivity index (χ1v) is 8.50. The van der Waals surface area contributed by atoms with Crippen LogP contribution in [0.2, 0.25) is 0 Å². The number of benzene rings is 1. The number of aromatic carboxylic acids is 1. The van der Waals surface area contributed by atoms with Crippen molar-refractivity contribution in [1.29, 1.82) is 0 Å². The van der Waals surface area contributed by atoms with Crippen LogP contribution in [0.5, 0.6) is 0 Å². The Morgan fingerprint density at radius 3 is 2.81 bits per heavy atom. The summed E-state index contributed by atoms with van der Waals surface area (Å²) in [5.41, 5.74) is -0.578. The van der Waals surface area contributed by atoms with Gasteiger partial charge in [-0.1, -0.05) is 12.1 Å². The van der Waals surface area contributed by atoms with E-state index >= 15 is 0 Å². The molecule has 2 aromatic heterocycles. The fraction of sp³-hybridized carbons (Fsp3) is 0.222. The molecule has 0 aliphatic carbocycles. The number of ether oxygens (including phenoxy) is 1. The average Bonchev–Trinajstić information content (AvgIpc) is 2.63. The Morgan fingerprint density at radius 1 is 1.41 bits per heavy atom. The zero-order valence-corrected chi connectivity index (χ0v) is 15.2. The molecule has 3 rings (SSSR count). The van der Waals surface area contributed by atoms with Crippen LogP contribution in [0.3, 0.4) is 0 Å². The van der Waals surface area contributed by atoms with Crippen molar-refractivity contribution in [2.45, 2.75) is 13.0 Å². The first-order chi connectivity index (χ1) is 12.9. The summed E-state index contributed by atoms with van der Waals surface area (Å²) in [5, 5.41) is 9.49. The summed E-state index contributed by atoms with van der Waals surface area (Å²) in [4.78, 5) is 31.0. The van der Waals surface area contributed by atoms with Gasteiger partial charge in [0.05, 0.1) is 16.6 Å². The average molecular weight is 389 g/mol. The highest BCUT2D eigenvalue weighted by Gasteiger charge is 2.19. The van der Waals surface area contributed by atoms with Crippen LogP contribution >= 0.6 is 12.2 Å². The van der Waals surface area contributed by atoms with Gasteiger partial charge in [-0.15, -0.1) is 0 Å². The molecule has 0 radical (unpaired) electrons. The Hall–Kier alpha value is -2.91. The Balaban J connectivity index is 2.37. The Labute approximate surface area is 158 Å². The second-order valence-corrected chi connectivity index (χ2v) is 6.18. The molecular formula is C18H16FN3O4S. The number of hydrogen-bond acceptors (Lipinski definition) is 5. The van der Waals surface area contributed by atoms with Gasteiger partial charge in [-0.05, 0) is 36.8 Å². The molecule has 0 amide bonds. The molecule has 140 valence electrons. The van der Waals surface area contributed by atoms with E-state index in [0.29, 0.717) is 19.6 Å². The van der Waals surface area contributed by atoms with Crippen LogP contribution in [0.1, 0.15) is 16.8 Å². The van der Waals surface area contributed by atoms with Gasteiger partial charge in [0, 0.05) is 25.8 Å². The molecule has 3 aromatic rings. The molecule has 0 bridgehead atoms. The lowest BCUT2D eigenvalue weighted by Gasteiger charge is -2.13. The number of H-pyrrole nitrogens is 1. The SMILES string of the molecule is COCCCn1c(=S)[nH]c(=O)c2c(C(=O)O)cc(-c3ccccc3F)nc21. The molecule has 0 aliphatic rings. The van der Waals surface area contributed by atoms with Crippen LogP contribution < -0.4 is 5.56 Å². The fourth-order valence-electron chi connectivity index (χ4n) is 2.82. The number of fused-ring (bicyclic) bond motifs is 1. The number of nitrogens with zero attached hydrogens (tertiary/aromatic N) is 2. The van der Waals surface area contributed by atoms with Crippen LogP contribution in [0, 0.1) is 10.6 Å². The maximum atomic E-state index is 14.2. The number of hydrogen-bond donors (Lipinski definition) is 2. The molecule has 0 aliphatic heterocycles. The third-order valence-electron chi connectivity index (χ3n) is 4.06. The zero-order valence-electron chi connectivity index (χ0n) is 14.4. The molecule has 0 saturated carbocycles. The fourth-order valence-corrected chi connectivity index (χ4v) is 3.09. The van der Waals surface area contributed by atoms with Crippen molar-refractivity contribution in [3.05, 3.63) is 56.8 Å². The van der Waals surface area contributed by atoms with Crippen LogP contribution in [-0.2, 0) is 11.3 Å². The highest BCUT2D eigenvalue weighted by atomic mass is 32.1. The summed E-state index contributed by atoms with van der Waals surface area (Å²) in [5.74, 6) is -1.86. The van der Waals surface area contributed by atoms with E-state index in [1.165, 1.54) is 28.8 Å². The van der Waals surface area contributed by atoms with E-state index in [1.807, 2.05) is 0 Å². The number of pyridine rings is 1. The summed E-state index contributed by atoms with van der Waals surface area (Å²) >= 11 is 5.22. The lowest BCUT2D eigenvalue weighted by atomic mass is 10.1. The van der Waals surface area contributed by atoms with Gasteiger partial charge in [0.2, 0.25) is 0 Å². The molecule has 2 heterocycles. The van der Waals surface area contributed by atoms with Gasteiger partial charge in [-0.2, -0.15) is 0 Å². The second kappa shape index (κ2) is 7.77. The monoisotopic (exact) mass is 389 g/mol. The van der Waals surface area contributed by atoms with E-state index in [-0.39, 0.29) is 32.6 Å². The van der Waals surface area contributed by atoms with Gasteiger partial charge in [-0.25, -0.2) is 14.2 Å². The smallest absolute Gasteiger partial charge is 0.336 e. The number of aromatic amines is 1. The Morgan fingerprint density at radius 2 is 2.15 bits per heavy atom. The van der Waals surface area contributed by atoms with Crippen LogP contribution in [0.4, 0.5) is 4.39 Å². The standard InChI is InChI=1S/C18H16FN3O4S/c1-26-8-4-7-22-15-14(16(23)21-18(22)27)11(17(24)25)9-13(20-15)10-5-2-3-6-12(10)19/h2-3,5-6,9H,4,7-8H2,1H3,(H,24,25)(H,21,23,27). The third kappa shape index (κ3) is 3.64. The summed E-state index contributed by atoms with van der Waals surface area (Å²) in [6.45, 7) is 0.800. The molecule has 0 spiro atoms. The zero-order chi connectivity index (χ0) is 19.6. The number of carboxylic acids is 1. The highest BCUT2D eigenvalue weighted by molar-refractivity contribution is 7.71. The van der Waals surface area contributed by atoms with Crippen molar-refractivity contribution in [1.82, 2.24) is 14.5 Å². The van der Waals surface area contributed by atoms with E-state index < -0.39 is 17.3 Å². The predicted octanol–water partition coefficient (Wildman–Crippen LogP) is 2.99. The predicted molar refractivity (Wildman–Crippen MR) is 100 cm³/mol. The van der Waals surface area contributed by atoms with E-state index in [1.54, 1.807) is 13.2 Å². The number of carboxylic acid groups (broad SMARTS) is 1. The normalized spacial score (nSPS) is 11.0. The number of carbonyl (C=O) groups is 1. The molecule has 7 nitrogen and oxygen atoms in total. The van der Waals surface area contributed by atoms with Crippen LogP contribution in [0.15, 0.2) is 35.1 Å². The Kier molecular flexibility index (Phi) is 5.43. The molecule has 0 saturated heterocycles. The van der Waals surface area contributed by atoms with E-state index in [9.17, 15) is 19.1 Å². The molecule has 27 heavy (non-hydrogen) atoms. The minimum atomic E-state index is -1.31. The van der Waals surface area contributed by atoms with Gasteiger partial charge >= 0.3 is 5.97 Å². The number of halogens is 1. The van der Waals surface area contributed by atoms with Crippen molar-refractivity contribution in [2.24, 2.45) is 0 Å². The number of methoxy groups -OCH3 is 1. The van der Waals surface area contributed by atoms with E-state index in [4.69, 9.17) is 17.0 Å². The minimum absolute atomic E-state index is 0.0954. The van der Waals surface area contributed by atoms with Gasteiger partial charge < -0.3 is 14.4 Å². The molecule has 0 unspecified atom stereocenters. The van der Waals surface area contributed by atoms with Crippen molar-refractivity contribution in [3.8, 4) is 11.3 Å². The van der Waals surface area contributed by atoms with Gasteiger partial charge in [0.25, 0.3) is 5.56 Å². The first kappa shape index (κ1) is 18.9. The molecule has 0 atom stereocenters. The summed E-state index contributed by atoms with van der Waals surface area (Å²) in [7, 11) is 1.56. The largest absolute Gasteiger partial charge is 0.478 e. The van der Waals surface area contributed by atoms with E-state index in [2.05, 4.69) is 9.97 Å². The van der Waals surface area contributed by atoms with Gasteiger partial charge in [-0.3, -0.25) is 9.78 Å². The van der Waals surface area contributed by atoms with Crippen LogP contribution in [-0.4, -0.2) is 39.3 Å². The van der Waals surface area contributed by atoms with Gasteiger partial charge in [0.15, 0.2) is 4.77 Å². The molecule has 9 heteroatoms. The lowest BCUT2D eigenvalue weighted by molar-refractivity contribution is 0.0699. The van der Waals surface area contributed by atoms with Crippen molar-refractivity contribution < 1.29 is 19.0 Å². The van der Waals surface area contributed by atoms with Crippen molar-refractivity contribution in [3.63, 3.8) is 0 Å². The maximum absolute atomic E-state index is 14.2.